The number of carbonyl (C=O) groups is 1. The second-order valence-electron chi connectivity index (χ2n) is 10.3. The summed E-state index contributed by atoms with van der Waals surface area (Å²) in [6, 6.07) is 3.93. The Balaban J connectivity index is 1.10. The van der Waals surface area contributed by atoms with Crippen LogP contribution in [0.5, 0.6) is 0 Å². The van der Waals surface area contributed by atoms with Crippen LogP contribution < -0.4 is 10.6 Å². The number of fused-ring (bicyclic) bond motifs is 1. The zero-order valence-electron chi connectivity index (χ0n) is 20.8. The molecule has 5 heterocycles. The smallest absolute Gasteiger partial charge is 0.408 e. The minimum atomic E-state index is -1.52. The van der Waals surface area contributed by atoms with Gasteiger partial charge in [-0.25, -0.2) is 19.2 Å². The van der Waals surface area contributed by atoms with E-state index in [9.17, 15) is 4.79 Å². The summed E-state index contributed by atoms with van der Waals surface area (Å²) >= 11 is 0. The van der Waals surface area contributed by atoms with E-state index in [2.05, 4.69) is 30.7 Å². The second-order valence-corrected chi connectivity index (χ2v) is 10.3. The highest BCUT2D eigenvalue weighted by Crippen LogP contribution is 2.36. The fourth-order valence-corrected chi connectivity index (χ4v) is 4.75. The highest BCUT2D eigenvalue weighted by molar-refractivity contribution is 5.69. The fourth-order valence-electron chi connectivity index (χ4n) is 4.75. The number of methoxy groups -OCH3 is 1. The number of hydrogen-bond donors (Lipinski definition) is 3. The van der Waals surface area contributed by atoms with Gasteiger partial charge in [-0.1, -0.05) is 0 Å². The van der Waals surface area contributed by atoms with Gasteiger partial charge < -0.3 is 24.8 Å². The third-order valence-corrected chi connectivity index (χ3v) is 7.31. The maximum Gasteiger partial charge on any atom is 0.408 e. The first-order chi connectivity index (χ1) is 17.9. The van der Waals surface area contributed by atoms with Crippen LogP contribution in [0.1, 0.15) is 43.7 Å². The lowest BCUT2D eigenvalue weighted by atomic mass is 10.0. The van der Waals surface area contributed by atoms with Gasteiger partial charge in [-0.15, -0.1) is 0 Å². The van der Waals surface area contributed by atoms with Gasteiger partial charge in [0.25, 0.3) is 0 Å². The second kappa shape index (κ2) is 9.54. The number of likely N-dealkylation sites (tertiary alicyclic amines) is 1. The number of aromatic nitrogens is 5. The van der Waals surface area contributed by atoms with Crippen molar-refractivity contribution in [2.45, 2.75) is 62.7 Å². The molecule has 1 aliphatic carbocycles. The molecule has 6 rings (SSSR count). The van der Waals surface area contributed by atoms with Gasteiger partial charge in [0.15, 0.2) is 18.1 Å². The molecule has 0 radical (unpaired) electrons. The summed E-state index contributed by atoms with van der Waals surface area (Å²) < 4.78 is 33.1. The predicted octanol–water partition coefficient (Wildman–Crippen LogP) is 2.47. The van der Waals surface area contributed by atoms with Gasteiger partial charge in [-0.05, 0) is 32.3 Å². The number of anilines is 2. The summed E-state index contributed by atoms with van der Waals surface area (Å²) in [6.07, 6.45) is 2.49. The Morgan fingerprint density at radius 2 is 2.27 bits per heavy atom. The molecular formula is C24H31FN8O4. The van der Waals surface area contributed by atoms with Gasteiger partial charge in [-0.3, -0.25) is 14.4 Å². The van der Waals surface area contributed by atoms with Crippen molar-refractivity contribution < 1.29 is 23.4 Å². The number of hydrogen-bond acceptors (Lipinski definition) is 9. The van der Waals surface area contributed by atoms with E-state index in [1.54, 1.807) is 19.4 Å². The van der Waals surface area contributed by atoms with Gasteiger partial charge in [-0.2, -0.15) is 5.10 Å². The maximum atomic E-state index is 15.1. The molecule has 4 atom stereocenters. The molecule has 2 saturated heterocycles. The third kappa shape index (κ3) is 4.98. The zero-order valence-corrected chi connectivity index (χ0v) is 20.8. The molecule has 12 nitrogen and oxygen atoms in total. The molecule has 0 bridgehead atoms. The average molecular weight is 515 g/mol. The topological polar surface area (TPSA) is 131 Å². The van der Waals surface area contributed by atoms with Crippen molar-refractivity contribution in [3.8, 4) is 0 Å². The summed E-state index contributed by atoms with van der Waals surface area (Å²) in [7, 11) is 1.72. The van der Waals surface area contributed by atoms with Crippen LogP contribution in [0.3, 0.4) is 0 Å². The molecule has 13 heteroatoms. The van der Waals surface area contributed by atoms with Crippen LogP contribution in [0.4, 0.5) is 21.0 Å². The number of H-pyrrole nitrogens is 1. The summed E-state index contributed by atoms with van der Waals surface area (Å²) in [5.74, 6) is 0.981. The molecule has 2 aliphatic heterocycles. The van der Waals surface area contributed by atoms with Crippen molar-refractivity contribution in [1.82, 2.24) is 34.8 Å². The van der Waals surface area contributed by atoms with E-state index < -0.39 is 24.5 Å². The monoisotopic (exact) mass is 514 g/mol. The minimum absolute atomic E-state index is 0.0291. The molecule has 1 saturated carbocycles. The summed E-state index contributed by atoms with van der Waals surface area (Å²) in [5.41, 5.74) is 1.90. The van der Waals surface area contributed by atoms with Crippen LogP contribution in [0.2, 0.25) is 0 Å². The largest absolute Gasteiger partial charge is 0.441 e. The molecular weight excluding hydrogens is 483 g/mol. The van der Waals surface area contributed by atoms with E-state index in [1.165, 1.54) is 0 Å². The number of nitrogens with zero attached hydrogens (tertiary/aromatic N) is 5. The van der Waals surface area contributed by atoms with E-state index in [4.69, 9.17) is 19.2 Å². The lowest BCUT2D eigenvalue weighted by Crippen LogP contribution is -2.49. The lowest BCUT2D eigenvalue weighted by Gasteiger charge is -2.40. The fraction of sp³-hybridized carbons (Fsp3) is 0.583. The molecule has 198 valence electrons. The van der Waals surface area contributed by atoms with Crippen LogP contribution in [0.15, 0.2) is 24.5 Å². The molecule has 37 heavy (non-hydrogen) atoms. The number of amides is 1. The minimum Gasteiger partial charge on any atom is -0.441 e. The van der Waals surface area contributed by atoms with Crippen molar-refractivity contribution in [3.05, 3.63) is 35.9 Å². The van der Waals surface area contributed by atoms with E-state index in [0.717, 1.165) is 43.7 Å². The third-order valence-electron chi connectivity index (χ3n) is 7.31. The number of nitrogens with one attached hydrogen (secondary N) is 3. The van der Waals surface area contributed by atoms with Crippen molar-refractivity contribution in [2.24, 2.45) is 0 Å². The summed E-state index contributed by atoms with van der Waals surface area (Å²) in [6.45, 7) is 4.37. The Labute approximate surface area is 212 Å². The van der Waals surface area contributed by atoms with Crippen LogP contribution in [0.25, 0.3) is 5.65 Å². The van der Waals surface area contributed by atoms with Gasteiger partial charge in [0.2, 0.25) is 5.95 Å². The molecule has 3 fully saturated rings. The van der Waals surface area contributed by atoms with Crippen molar-refractivity contribution in [2.75, 3.05) is 32.2 Å². The van der Waals surface area contributed by atoms with Gasteiger partial charge in [0, 0.05) is 50.2 Å². The molecule has 3 N–H and O–H groups in total. The number of alkyl halides is 1. The average Bonchev–Trinajstić information content (AvgIpc) is 3.22. The Morgan fingerprint density at radius 1 is 1.41 bits per heavy atom. The molecule has 1 unspecified atom stereocenters. The molecule has 0 aromatic carbocycles. The molecule has 1 amide bonds. The summed E-state index contributed by atoms with van der Waals surface area (Å²) in [4.78, 5) is 23.6. The standard InChI is InChI=1S/C24H31FN8O4/c1-24(5-6-24)29-23(34)37-17-13-36-21(20(17)25)16-9-18(31-30-16)28-22-26-7-3-19-27-14(11-33(19)22)10-32-8-4-15(32)12-35-2/h3,7,9,11,15,17,20-21H,4-6,8,10,12-13H2,1-2H3,(H,29,34)(H2,26,28,30,31)/t15?,17-,20+,21-/m0/s1. The van der Waals surface area contributed by atoms with Crippen molar-refractivity contribution in [3.63, 3.8) is 0 Å². The first-order valence-electron chi connectivity index (χ1n) is 12.5. The highest BCUT2D eigenvalue weighted by Gasteiger charge is 2.44. The quantitative estimate of drug-likeness (QED) is 0.394. The SMILES string of the molecule is COCC1CCN1Cc1cn2c(Nc3cc([C@@H]4OC[C@H](OC(=O)NC5(C)CC5)[C@H]4F)[nH]n3)nccc2n1. The number of aromatic amines is 1. The van der Waals surface area contributed by atoms with Crippen molar-refractivity contribution >= 4 is 23.5 Å². The number of carbonyl (C=O) groups excluding carboxylic acids is 1. The molecule has 3 aliphatic rings. The van der Waals surface area contributed by atoms with Crippen LogP contribution in [0, 0.1) is 0 Å². The van der Waals surface area contributed by atoms with Gasteiger partial charge >= 0.3 is 6.09 Å². The Bertz CT molecular complexity index is 1280. The zero-order chi connectivity index (χ0) is 25.6. The van der Waals surface area contributed by atoms with Crippen LogP contribution in [-0.4, -0.2) is 86.3 Å². The first-order valence-corrected chi connectivity index (χ1v) is 12.5. The Morgan fingerprint density at radius 3 is 3.03 bits per heavy atom. The van der Waals surface area contributed by atoms with Gasteiger partial charge in [0.05, 0.1) is 24.6 Å². The number of imidazole rings is 1. The van der Waals surface area contributed by atoms with Gasteiger partial charge in [0.1, 0.15) is 11.8 Å². The van der Waals surface area contributed by atoms with E-state index in [-0.39, 0.29) is 12.1 Å². The number of ether oxygens (including phenoxy) is 3. The molecule has 3 aromatic heterocycles. The predicted molar refractivity (Wildman–Crippen MR) is 130 cm³/mol. The summed E-state index contributed by atoms with van der Waals surface area (Å²) in [5, 5.41) is 13.0. The van der Waals surface area contributed by atoms with E-state index >= 15 is 4.39 Å². The first kappa shape index (κ1) is 24.1. The highest BCUT2D eigenvalue weighted by atomic mass is 19.1. The van der Waals surface area contributed by atoms with Crippen LogP contribution >= 0.6 is 0 Å². The number of halogens is 1. The molecule has 3 aromatic rings. The number of rotatable bonds is 9. The number of alkyl carbamates (subject to hydrolysis) is 1. The van der Waals surface area contributed by atoms with Crippen molar-refractivity contribution in [1.29, 1.82) is 0 Å². The maximum absolute atomic E-state index is 15.1. The normalized spacial score (nSPS) is 26.7. The molecule has 0 spiro atoms. The lowest BCUT2D eigenvalue weighted by molar-refractivity contribution is 0.0171. The van der Waals surface area contributed by atoms with Crippen LogP contribution in [-0.2, 0) is 20.8 Å². The van der Waals surface area contributed by atoms with E-state index in [1.807, 2.05) is 23.6 Å². The van der Waals surface area contributed by atoms with E-state index in [0.29, 0.717) is 30.1 Å². The Hall–Kier alpha value is -3.29. The Kier molecular flexibility index (Phi) is 6.21.